The van der Waals surface area contributed by atoms with Crippen molar-refractivity contribution in [2.75, 3.05) is 11.4 Å². The van der Waals surface area contributed by atoms with Crippen molar-refractivity contribution in [1.82, 2.24) is 0 Å². The molecular weight excluding hydrogens is 265 g/mol. The van der Waals surface area contributed by atoms with Crippen LogP contribution in [0.1, 0.15) is 44.6 Å². The highest BCUT2D eigenvalue weighted by Gasteiger charge is 2.21. The topological polar surface area (TPSA) is 3.24 Å². The van der Waals surface area contributed by atoms with E-state index < -0.39 is 0 Å². The molecule has 0 amide bonds. The molecule has 1 atom stereocenters. The van der Waals surface area contributed by atoms with Gasteiger partial charge in [0.15, 0.2) is 0 Å². The van der Waals surface area contributed by atoms with Gasteiger partial charge in [0.25, 0.3) is 0 Å². The molecule has 1 nitrogen and oxygen atoms in total. The summed E-state index contributed by atoms with van der Waals surface area (Å²) in [5.74, 6) is 0.525. The first-order valence-corrected chi connectivity index (χ1v) is 7.78. The van der Waals surface area contributed by atoms with Crippen molar-refractivity contribution in [2.24, 2.45) is 0 Å². The van der Waals surface area contributed by atoms with Crippen LogP contribution in [0.15, 0.2) is 18.2 Å². The number of rotatable bonds is 3. The largest absolute Gasteiger partial charge is 0.367 e. The molecule has 1 aliphatic heterocycles. The first-order chi connectivity index (χ1) is 8.76. The van der Waals surface area contributed by atoms with Gasteiger partial charge in [0, 0.05) is 18.5 Å². The van der Waals surface area contributed by atoms with Gasteiger partial charge >= 0.3 is 0 Å². The van der Waals surface area contributed by atoms with E-state index in [-0.39, 0.29) is 0 Å². The van der Waals surface area contributed by atoms with E-state index >= 15 is 0 Å². The van der Waals surface area contributed by atoms with Gasteiger partial charge in [-0.1, -0.05) is 37.4 Å². The van der Waals surface area contributed by atoms with Gasteiger partial charge in [0.1, 0.15) is 0 Å². The Labute approximate surface area is 120 Å². The average Bonchev–Trinajstić information content (AvgIpc) is 2.63. The molecule has 1 saturated heterocycles. The molecule has 2 rings (SSSR count). The van der Waals surface area contributed by atoms with Crippen LogP contribution in [-0.4, -0.2) is 12.6 Å². The van der Waals surface area contributed by atoms with Crippen LogP contribution in [0.25, 0.3) is 0 Å². The summed E-state index contributed by atoms with van der Waals surface area (Å²) in [6, 6.07) is 6.85. The van der Waals surface area contributed by atoms with Crippen molar-refractivity contribution < 1.29 is 0 Å². The third-order valence-corrected chi connectivity index (χ3v) is 4.44. The smallest absolute Gasteiger partial charge is 0.0642 e. The summed E-state index contributed by atoms with van der Waals surface area (Å²) in [6.07, 6.45) is 6.42. The maximum atomic E-state index is 6.42. The molecule has 0 radical (unpaired) electrons. The van der Waals surface area contributed by atoms with E-state index in [0.29, 0.717) is 11.9 Å². The van der Waals surface area contributed by atoms with Crippen molar-refractivity contribution in [2.45, 2.75) is 50.9 Å². The highest BCUT2D eigenvalue weighted by atomic mass is 35.5. The van der Waals surface area contributed by atoms with Crippen molar-refractivity contribution in [1.29, 1.82) is 0 Å². The molecule has 0 saturated carbocycles. The van der Waals surface area contributed by atoms with E-state index in [1.54, 1.807) is 0 Å². The third-order valence-electron chi connectivity index (χ3n) is 3.82. The highest BCUT2D eigenvalue weighted by molar-refractivity contribution is 6.33. The molecule has 0 N–H and O–H groups in total. The van der Waals surface area contributed by atoms with Crippen LogP contribution in [0.2, 0.25) is 5.02 Å². The lowest BCUT2D eigenvalue weighted by atomic mass is 10.1. The van der Waals surface area contributed by atoms with Crippen molar-refractivity contribution in [3.63, 3.8) is 0 Å². The molecular formula is C15H21Cl2N. The maximum absolute atomic E-state index is 6.42. The lowest BCUT2D eigenvalue weighted by Crippen LogP contribution is -2.34. The van der Waals surface area contributed by atoms with E-state index in [1.165, 1.54) is 37.8 Å². The molecule has 0 aromatic heterocycles. The van der Waals surface area contributed by atoms with Crippen molar-refractivity contribution in [3.05, 3.63) is 28.8 Å². The quantitative estimate of drug-likeness (QED) is 0.687. The van der Waals surface area contributed by atoms with Crippen LogP contribution in [0.4, 0.5) is 5.69 Å². The molecule has 1 aromatic carbocycles. The van der Waals surface area contributed by atoms with Gasteiger partial charge in [-0.25, -0.2) is 0 Å². The van der Waals surface area contributed by atoms with E-state index in [4.69, 9.17) is 23.2 Å². The Bertz CT molecular complexity index is 392. The Morgan fingerprint density at radius 1 is 1.28 bits per heavy atom. The normalized spacial score (nSPS) is 20.8. The van der Waals surface area contributed by atoms with E-state index in [1.807, 2.05) is 6.07 Å². The second-order valence-electron chi connectivity index (χ2n) is 5.02. The fraction of sp³-hybridized carbons (Fsp3) is 0.600. The molecule has 100 valence electrons. The SMILES string of the molecule is CCC1CCCCCN1c1ccc(CCl)cc1Cl. The molecule has 3 heteroatoms. The fourth-order valence-electron chi connectivity index (χ4n) is 2.79. The Morgan fingerprint density at radius 3 is 2.78 bits per heavy atom. The number of anilines is 1. The average molecular weight is 286 g/mol. The summed E-state index contributed by atoms with van der Waals surface area (Å²) >= 11 is 12.3. The summed E-state index contributed by atoms with van der Waals surface area (Å²) in [6.45, 7) is 3.39. The predicted molar refractivity (Wildman–Crippen MR) is 80.9 cm³/mol. The van der Waals surface area contributed by atoms with Crippen molar-refractivity contribution in [3.8, 4) is 0 Å². The standard InChI is InChI=1S/C15H21Cl2N/c1-2-13-6-4-3-5-9-18(13)15-8-7-12(11-16)10-14(15)17/h7-8,10,13H,2-6,9,11H2,1H3. The number of hydrogen-bond acceptors (Lipinski definition) is 1. The number of alkyl halides is 1. The summed E-state index contributed by atoms with van der Waals surface area (Å²) < 4.78 is 0. The molecule has 1 aromatic rings. The Kier molecular flexibility index (Phi) is 5.20. The van der Waals surface area contributed by atoms with Gasteiger partial charge < -0.3 is 4.90 Å². The molecule has 0 bridgehead atoms. The van der Waals surface area contributed by atoms with Crippen LogP contribution in [0, 0.1) is 0 Å². The summed E-state index contributed by atoms with van der Waals surface area (Å²) in [7, 11) is 0. The zero-order valence-corrected chi connectivity index (χ0v) is 12.5. The van der Waals surface area contributed by atoms with Crippen LogP contribution < -0.4 is 4.90 Å². The minimum absolute atomic E-state index is 0.525. The van der Waals surface area contributed by atoms with Crippen LogP contribution in [0.3, 0.4) is 0 Å². The van der Waals surface area contributed by atoms with Gasteiger partial charge in [-0.15, -0.1) is 11.6 Å². The number of benzene rings is 1. The van der Waals surface area contributed by atoms with Gasteiger partial charge in [0.2, 0.25) is 0 Å². The summed E-state index contributed by atoms with van der Waals surface area (Å²) in [5.41, 5.74) is 2.27. The van der Waals surface area contributed by atoms with Crippen molar-refractivity contribution >= 4 is 28.9 Å². The van der Waals surface area contributed by atoms with E-state index in [2.05, 4.69) is 24.0 Å². The minimum atomic E-state index is 0.525. The molecule has 1 unspecified atom stereocenters. The zero-order valence-electron chi connectivity index (χ0n) is 11.0. The first kappa shape index (κ1) is 14.0. The predicted octanol–water partition coefficient (Wildman–Crippen LogP) is 5.24. The molecule has 0 aliphatic carbocycles. The maximum Gasteiger partial charge on any atom is 0.0642 e. The van der Waals surface area contributed by atoms with Gasteiger partial charge in [0.05, 0.1) is 10.7 Å². The van der Waals surface area contributed by atoms with Crippen LogP contribution in [-0.2, 0) is 5.88 Å². The third kappa shape index (κ3) is 3.13. The lowest BCUT2D eigenvalue weighted by Gasteiger charge is -2.32. The lowest BCUT2D eigenvalue weighted by molar-refractivity contribution is 0.556. The summed E-state index contributed by atoms with van der Waals surface area (Å²) in [4.78, 5) is 2.49. The van der Waals surface area contributed by atoms with E-state index in [9.17, 15) is 0 Å². The molecule has 1 heterocycles. The first-order valence-electron chi connectivity index (χ1n) is 6.87. The Hall–Kier alpha value is -0.400. The monoisotopic (exact) mass is 285 g/mol. The van der Waals surface area contributed by atoms with Crippen LogP contribution in [0.5, 0.6) is 0 Å². The number of halogens is 2. The minimum Gasteiger partial charge on any atom is -0.367 e. The molecule has 18 heavy (non-hydrogen) atoms. The van der Waals surface area contributed by atoms with Gasteiger partial charge in [-0.05, 0) is 37.0 Å². The van der Waals surface area contributed by atoms with Crippen LogP contribution >= 0.6 is 23.2 Å². The molecule has 0 spiro atoms. The Balaban J connectivity index is 2.27. The second kappa shape index (κ2) is 6.68. The van der Waals surface area contributed by atoms with Gasteiger partial charge in [-0.3, -0.25) is 0 Å². The second-order valence-corrected chi connectivity index (χ2v) is 5.70. The van der Waals surface area contributed by atoms with Gasteiger partial charge in [-0.2, -0.15) is 0 Å². The molecule has 1 fully saturated rings. The fourth-order valence-corrected chi connectivity index (χ4v) is 3.26. The Morgan fingerprint density at radius 2 is 2.11 bits per heavy atom. The summed E-state index contributed by atoms with van der Waals surface area (Å²) in [5, 5.41) is 0.841. The molecule has 1 aliphatic rings. The highest BCUT2D eigenvalue weighted by Crippen LogP contribution is 2.32. The zero-order chi connectivity index (χ0) is 13.0. The number of hydrogen-bond donors (Lipinski definition) is 0. The number of nitrogens with zero attached hydrogens (tertiary/aromatic N) is 1. The van der Waals surface area contributed by atoms with E-state index in [0.717, 1.165) is 17.1 Å².